The standard InChI is InChI=1S/C15H21N7O2S/c1-4-9-5-11(25-22-9)21-15-12(14(17)24)18-6-10(20-15)19-8(3)7(2)13(16)23/h5-8H,4H2,1-3H3,(H2,16,23)(H2,17,24)(H2,19,20,21). The fraction of sp³-hybridized carbons (Fsp3) is 0.400. The lowest BCUT2D eigenvalue weighted by atomic mass is 10.0. The van der Waals surface area contributed by atoms with E-state index in [-0.39, 0.29) is 17.6 Å². The fourth-order valence-corrected chi connectivity index (χ4v) is 2.71. The molecule has 0 aliphatic carbocycles. The molecule has 0 aromatic carbocycles. The number of rotatable bonds is 8. The van der Waals surface area contributed by atoms with Crippen molar-refractivity contribution >= 4 is 40.0 Å². The summed E-state index contributed by atoms with van der Waals surface area (Å²) in [5.41, 5.74) is 11.6. The molecule has 9 nitrogen and oxygen atoms in total. The summed E-state index contributed by atoms with van der Waals surface area (Å²) in [6.45, 7) is 5.52. The highest BCUT2D eigenvalue weighted by Crippen LogP contribution is 2.24. The van der Waals surface area contributed by atoms with Crippen molar-refractivity contribution in [3.05, 3.63) is 23.7 Å². The molecular weight excluding hydrogens is 342 g/mol. The molecule has 0 aliphatic heterocycles. The first-order valence-electron chi connectivity index (χ1n) is 7.77. The van der Waals surface area contributed by atoms with Gasteiger partial charge in [-0.05, 0) is 30.9 Å². The van der Waals surface area contributed by atoms with Crippen LogP contribution in [0.5, 0.6) is 0 Å². The molecule has 2 rings (SSSR count). The van der Waals surface area contributed by atoms with Gasteiger partial charge in [-0.2, -0.15) is 4.37 Å². The Morgan fingerprint density at radius 2 is 2.04 bits per heavy atom. The lowest BCUT2D eigenvalue weighted by Crippen LogP contribution is -2.34. The molecule has 134 valence electrons. The minimum Gasteiger partial charge on any atom is -0.369 e. The van der Waals surface area contributed by atoms with Gasteiger partial charge in [-0.25, -0.2) is 9.97 Å². The molecule has 2 unspecified atom stereocenters. The van der Waals surface area contributed by atoms with E-state index in [1.165, 1.54) is 17.7 Å². The summed E-state index contributed by atoms with van der Waals surface area (Å²) >= 11 is 1.26. The smallest absolute Gasteiger partial charge is 0.271 e. The third kappa shape index (κ3) is 4.63. The van der Waals surface area contributed by atoms with Crippen molar-refractivity contribution in [1.82, 2.24) is 14.3 Å². The predicted octanol–water partition coefficient (Wildman–Crippen LogP) is 1.26. The molecule has 25 heavy (non-hydrogen) atoms. The largest absolute Gasteiger partial charge is 0.369 e. The van der Waals surface area contributed by atoms with Crippen LogP contribution in [0.4, 0.5) is 16.6 Å². The number of hydrogen-bond acceptors (Lipinski definition) is 8. The van der Waals surface area contributed by atoms with Crippen molar-refractivity contribution in [3.63, 3.8) is 0 Å². The highest BCUT2D eigenvalue weighted by atomic mass is 32.1. The molecule has 0 spiro atoms. The maximum Gasteiger partial charge on any atom is 0.271 e. The topological polar surface area (TPSA) is 149 Å². The molecule has 0 saturated heterocycles. The zero-order valence-corrected chi connectivity index (χ0v) is 15.1. The van der Waals surface area contributed by atoms with E-state index in [0.29, 0.717) is 5.82 Å². The summed E-state index contributed by atoms with van der Waals surface area (Å²) in [5, 5.41) is 6.80. The van der Waals surface area contributed by atoms with E-state index in [1.54, 1.807) is 6.92 Å². The number of anilines is 3. The summed E-state index contributed by atoms with van der Waals surface area (Å²) in [4.78, 5) is 31.3. The molecule has 2 amide bonds. The van der Waals surface area contributed by atoms with Gasteiger partial charge in [-0.15, -0.1) is 0 Å². The van der Waals surface area contributed by atoms with Crippen LogP contribution in [0.1, 0.15) is 37.0 Å². The Hall–Kier alpha value is -2.75. The van der Waals surface area contributed by atoms with Crippen LogP contribution in [0, 0.1) is 5.92 Å². The maximum absolute atomic E-state index is 11.6. The van der Waals surface area contributed by atoms with E-state index in [1.807, 2.05) is 19.9 Å². The SMILES string of the molecule is CCc1cc(Nc2nc(NC(C)C(C)C(N)=O)cnc2C(N)=O)sn1. The summed E-state index contributed by atoms with van der Waals surface area (Å²) in [6.07, 6.45) is 2.19. The Bertz CT molecular complexity index is 777. The second kappa shape index (κ2) is 7.88. The van der Waals surface area contributed by atoms with Gasteiger partial charge in [0, 0.05) is 6.04 Å². The number of nitrogens with zero attached hydrogens (tertiary/aromatic N) is 3. The quantitative estimate of drug-likeness (QED) is 0.551. The Balaban J connectivity index is 2.26. The third-order valence-electron chi connectivity index (χ3n) is 3.74. The maximum atomic E-state index is 11.6. The number of aryl methyl sites for hydroxylation is 1. The predicted molar refractivity (Wildman–Crippen MR) is 96.8 cm³/mol. The average Bonchev–Trinajstić information content (AvgIpc) is 3.01. The first-order chi connectivity index (χ1) is 11.8. The lowest BCUT2D eigenvalue weighted by molar-refractivity contribution is -0.121. The second-order valence-electron chi connectivity index (χ2n) is 5.60. The minimum absolute atomic E-state index is 0.0209. The second-order valence-corrected chi connectivity index (χ2v) is 6.41. The van der Waals surface area contributed by atoms with E-state index in [0.717, 1.165) is 17.1 Å². The highest BCUT2D eigenvalue weighted by molar-refractivity contribution is 7.10. The minimum atomic E-state index is -0.694. The molecule has 2 heterocycles. The average molecular weight is 363 g/mol. The molecular formula is C15H21N7O2S. The number of amides is 2. The van der Waals surface area contributed by atoms with Gasteiger partial charge in [-0.3, -0.25) is 9.59 Å². The summed E-state index contributed by atoms with van der Waals surface area (Å²) < 4.78 is 4.27. The van der Waals surface area contributed by atoms with Crippen molar-refractivity contribution in [1.29, 1.82) is 0 Å². The summed E-state index contributed by atoms with van der Waals surface area (Å²) in [6, 6.07) is 1.61. The molecule has 2 aromatic heterocycles. The zero-order chi connectivity index (χ0) is 18.6. The number of nitrogens with two attached hydrogens (primary N) is 2. The van der Waals surface area contributed by atoms with E-state index in [4.69, 9.17) is 11.5 Å². The third-order valence-corrected chi connectivity index (χ3v) is 4.49. The molecule has 10 heteroatoms. The number of nitrogens with one attached hydrogen (secondary N) is 2. The van der Waals surface area contributed by atoms with Gasteiger partial charge in [0.05, 0.1) is 17.8 Å². The van der Waals surface area contributed by atoms with Gasteiger partial charge in [0.1, 0.15) is 10.8 Å². The van der Waals surface area contributed by atoms with Gasteiger partial charge in [-0.1, -0.05) is 13.8 Å². The van der Waals surface area contributed by atoms with Gasteiger partial charge in [0.15, 0.2) is 11.5 Å². The van der Waals surface area contributed by atoms with Crippen LogP contribution in [0.3, 0.4) is 0 Å². The van der Waals surface area contributed by atoms with E-state index in [2.05, 4.69) is 25.0 Å². The van der Waals surface area contributed by atoms with Crippen molar-refractivity contribution in [3.8, 4) is 0 Å². The number of carbonyl (C=O) groups is 2. The molecule has 0 saturated carbocycles. The first kappa shape index (κ1) is 18.6. The first-order valence-corrected chi connectivity index (χ1v) is 8.54. The summed E-state index contributed by atoms with van der Waals surface area (Å²) in [5.74, 6) is -0.893. The molecule has 0 aliphatic rings. The molecule has 0 fully saturated rings. The van der Waals surface area contributed by atoms with Crippen LogP contribution in [-0.4, -0.2) is 32.2 Å². The van der Waals surface area contributed by atoms with Crippen molar-refractivity contribution in [2.75, 3.05) is 10.6 Å². The van der Waals surface area contributed by atoms with Crippen LogP contribution in [0.15, 0.2) is 12.3 Å². The molecule has 0 radical (unpaired) electrons. The van der Waals surface area contributed by atoms with Crippen LogP contribution < -0.4 is 22.1 Å². The molecule has 2 aromatic rings. The number of hydrogen-bond donors (Lipinski definition) is 4. The normalized spacial score (nSPS) is 13.1. The van der Waals surface area contributed by atoms with E-state index < -0.39 is 17.7 Å². The van der Waals surface area contributed by atoms with Gasteiger partial charge < -0.3 is 22.1 Å². The lowest BCUT2D eigenvalue weighted by Gasteiger charge is -2.19. The van der Waals surface area contributed by atoms with Crippen LogP contribution >= 0.6 is 11.5 Å². The number of aromatic nitrogens is 3. The Morgan fingerprint density at radius 1 is 1.32 bits per heavy atom. The van der Waals surface area contributed by atoms with Crippen LogP contribution in [-0.2, 0) is 11.2 Å². The van der Waals surface area contributed by atoms with Gasteiger partial charge >= 0.3 is 0 Å². The molecule has 2 atom stereocenters. The Morgan fingerprint density at radius 3 is 2.60 bits per heavy atom. The fourth-order valence-electron chi connectivity index (χ4n) is 1.98. The highest BCUT2D eigenvalue weighted by Gasteiger charge is 2.19. The van der Waals surface area contributed by atoms with Crippen molar-refractivity contribution < 1.29 is 9.59 Å². The van der Waals surface area contributed by atoms with Gasteiger partial charge in [0.2, 0.25) is 5.91 Å². The van der Waals surface area contributed by atoms with Crippen molar-refractivity contribution in [2.45, 2.75) is 33.2 Å². The zero-order valence-electron chi connectivity index (χ0n) is 14.2. The summed E-state index contributed by atoms with van der Waals surface area (Å²) in [7, 11) is 0. The van der Waals surface area contributed by atoms with Crippen LogP contribution in [0.2, 0.25) is 0 Å². The number of primary amides is 2. The molecule has 6 N–H and O–H groups in total. The Kier molecular flexibility index (Phi) is 5.86. The van der Waals surface area contributed by atoms with Crippen LogP contribution in [0.25, 0.3) is 0 Å². The number of carbonyl (C=O) groups excluding carboxylic acids is 2. The monoisotopic (exact) mass is 363 g/mol. The molecule has 0 bridgehead atoms. The Labute approximate surface area is 149 Å². The van der Waals surface area contributed by atoms with E-state index >= 15 is 0 Å². The van der Waals surface area contributed by atoms with Gasteiger partial charge in [0.25, 0.3) is 5.91 Å². The van der Waals surface area contributed by atoms with E-state index in [9.17, 15) is 9.59 Å². The van der Waals surface area contributed by atoms with Crippen molar-refractivity contribution in [2.24, 2.45) is 17.4 Å².